The van der Waals surface area contributed by atoms with Crippen LogP contribution in [-0.4, -0.2) is 16.1 Å². The Bertz CT molecular complexity index is 561. The maximum absolute atomic E-state index is 10.8. The highest BCUT2D eigenvalue weighted by molar-refractivity contribution is 5.86. The lowest BCUT2D eigenvalue weighted by molar-refractivity contribution is -0.136. The quantitative estimate of drug-likeness (QED) is 0.837. The fourth-order valence-corrected chi connectivity index (χ4v) is 1.87. The highest BCUT2D eigenvalue weighted by atomic mass is 16.4. The molecule has 0 unspecified atom stereocenters. The van der Waals surface area contributed by atoms with Crippen molar-refractivity contribution in [2.24, 2.45) is 0 Å². The van der Waals surface area contributed by atoms with Gasteiger partial charge >= 0.3 is 5.97 Å². The fourth-order valence-electron chi connectivity index (χ4n) is 1.87. The molecule has 0 saturated heterocycles. The van der Waals surface area contributed by atoms with Gasteiger partial charge in [-0.15, -0.1) is 0 Å². The van der Waals surface area contributed by atoms with Crippen LogP contribution in [0.4, 0.5) is 0 Å². The van der Waals surface area contributed by atoms with Crippen molar-refractivity contribution in [3.8, 4) is 0 Å². The summed E-state index contributed by atoms with van der Waals surface area (Å²) in [6, 6.07) is 7.83. The number of pyridine rings is 1. The number of carboxylic acid groups (broad SMARTS) is 1. The number of nitrogens with zero attached hydrogens (tertiary/aromatic N) is 1. The third-order valence-corrected chi connectivity index (χ3v) is 2.50. The maximum Gasteiger partial charge on any atom is 0.307 e. The van der Waals surface area contributed by atoms with Gasteiger partial charge in [-0.2, -0.15) is 0 Å². The summed E-state index contributed by atoms with van der Waals surface area (Å²) in [4.78, 5) is 15.2. The molecule has 1 aromatic carbocycles. The minimum absolute atomic E-state index is 0.0225. The van der Waals surface area contributed by atoms with E-state index in [2.05, 4.69) is 4.98 Å². The second-order valence-corrected chi connectivity index (χ2v) is 4.02. The average molecular weight is 215 g/mol. The molecule has 2 aromatic rings. The number of carbonyl (C=O) groups is 1. The maximum atomic E-state index is 10.8. The van der Waals surface area contributed by atoms with Crippen molar-refractivity contribution in [3.63, 3.8) is 0 Å². The number of hydrogen-bond acceptors (Lipinski definition) is 2. The van der Waals surface area contributed by atoms with Crippen LogP contribution < -0.4 is 0 Å². The zero-order valence-electron chi connectivity index (χ0n) is 9.32. The van der Waals surface area contributed by atoms with E-state index in [9.17, 15) is 4.79 Å². The van der Waals surface area contributed by atoms with Gasteiger partial charge in [0.05, 0.1) is 11.9 Å². The van der Waals surface area contributed by atoms with Gasteiger partial charge in [-0.3, -0.25) is 9.78 Å². The number of rotatable bonds is 2. The van der Waals surface area contributed by atoms with E-state index in [0.717, 1.165) is 27.7 Å². The van der Waals surface area contributed by atoms with Gasteiger partial charge in [0.2, 0.25) is 0 Å². The first-order valence-electron chi connectivity index (χ1n) is 5.15. The van der Waals surface area contributed by atoms with Crippen molar-refractivity contribution in [2.45, 2.75) is 20.3 Å². The second kappa shape index (κ2) is 3.93. The van der Waals surface area contributed by atoms with Crippen LogP contribution in [0.5, 0.6) is 0 Å². The predicted molar refractivity (Wildman–Crippen MR) is 62.6 cm³/mol. The Hall–Kier alpha value is -1.90. The zero-order chi connectivity index (χ0) is 11.7. The van der Waals surface area contributed by atoms with Gasteiger partial charge < -0.3 is 5.11 Å². The monoisotopic (exact) mass is 215 g/mol. The van der Waals surface area contributed by atoms with E-state index in [4.69, 9.17) is 5.11 Å². The Morgan fingerprint density at radius 1 is 1.31 bits per heavy atom. The SMILES string of the molecule is Cc1cc(CC(=O)O)c2nc(C)ccc2c1. The molecule has 1 heterocycles. The molecule has 0 radical (unpaired) electrons. The minimum Gasteiger partial charge on any atom is -0.481 e. The van der Waals surface area contributed by atoms with Crippen molar-refractivity contribution < 1.29 is 9.90 Å². The molecule has 82 valence electrons. The number of aryl methyl sites for hydroxylation is 2. The molecule has 0 aliphatic heterocycles. The molecule has 0 spiro atoms. The number of hydrogen-bond donors (Lipinski definition) is 1. The van der Waals surface area contributed by atoms with E-state index in [1.54, 1.807) is 0 Å². The summed E-state index contributed by atoms with van der Waals surface area (Å²) in [6.07, 6.45) is 0.0225. The molecule has 16 heavy (non-hydrogen) atoms. The summed E-state index contributed by atoms with van der Waals surface area (Å²) in [5.41, 5.74) is 3.55. The summed E-state index contributed by atoms with van der Waals surface area (Å²) < 4.78 is 0. The lowest BCUT2D eigenvalue weighted by Gasteiger charge is -2.06. The summed E-state index contributed by atoms with van der Waals surface area (Å²) in [7, 11) is 0. The minimum atomic E-state index is -0.824. The van der Waals surface area contributed by atoms with E-state index < -0.39 is 5.97 Å². The second-order valence-electron chi connectivity index (χ2n) is 4.02. The normalized spacial score (nSPS) is 10.6. The van der Waals surface area contributed by atoms with E-state index in [-0.39, 0.29) is 6.42 Å². The summed E-state index contributed by atoms with van der Waals surface area (Å²) in [5.74, 6) is -0.824. The van der Waals surface area contributed by atoms with Crippen LogP contribution in [0.15, 0.2) is 24.3 Å². The largest absolute Gasteiger partial charge is 0.481 e. The van der Waals surface area contributed by atoms with Crippen LogP contribution in [0.1, 0.15) is 16.8 Å². The highest BCUT2D eigenvalue weighted by Gasteiger charge is 2.08. The fraction of sp³-hybridized carbons (Fsp3) is 0.231. The van der Waals surface area contributed by atoms with Crippen LogP contribution >= 0.6 is 0 Å². The van der Waals surface area contributed by atoms with Gasteiger partial charge in [0.1, 0.15) is 0 Å². The number of fused-ring (bicyclic) bond motifs is 1. The first kappa shape index (κ1) is 10.6. The Kier molecular flexibility index (Phi) is 2.60. The lowest BCUT2D eigenvalue weighted by Crippen LogP contribution is -2.02. The molecule has 0 bridgehead atoms. The smallest absolute Gasteiger partial charge is 0.307 e. The zero-order valence-corrected chi connectivity index (χ0v) is 9.32. The Labute approximate surface area is 93.7 Å². The number of aromatic nitrogens is 1. The number of benzene rings is 1. The summed E-state index contributed by atoms with van der Waals surface area (Å²) in [5, 5.41) is 9.86. The van der Waals surface area contributed by atoms with Crippen LogP contribution in [0.25, 0.3) is 10.9 Å². The van der Waals surface area contributed by atoms with Gasteiger partial charge in [-0.25, -0.2) is 0 Å². The Morgan fingerprint density at radius 3 is 2.75 bits per heavy atom. The van der Waals surface area contributed by atoms with Crippen molar-refractivity contribution in [1.29, 1.82) is 0 Å². The molecule has 1 aromatic heterocycles. The van der Waals surface area contributed by atoms with Crippen LogP contribution in [0, 0.1) is 13.8 Å². The third-order valence-electron chi connectivity index (χ3n) is 2.50. The molecule has 0 amide bonds. The van der Waals surface area contributed by atoms with Gasteiger partial charge in [-0.05, 0) is 31.5 Å². The van der Waals surface area contributed by atoms with E-state index in [1.807, 2.05) is 38.1 Å². The Morgan fingerprint density at radius 2 is 2.06 bits per heavy atom. The molecule has 0 aliphatic rings. The molecular weight excluding hydrogens is 202 g/mol. The molecule has 0 fully saturated rings. The molecular formula is C13H13NO2. The van der Waals surface area contributed by atoms with Gasteiger partial charge in [0.25, 0.3) is 0 Å². The molecule has 0 saturated carbocycles. The molecule has 0 aliphatic carbocycles. The Balaban J connectivity index is 2.69. The number of aliphatic carboxylic acids is 1. The van der Waals surface area contributed by atoms with E-state index in [0.29, 0.717) is 0 Å². The molecule has 0 atom stereocenters. The van der Waals surface area contributed by atoms with Gasteiger partial charge in [0, 0.05) is 11.1 Å². The third kappa shape index (κ3) is 2.03. The van der Waals surface area contributed by atoms with Crippen molar-refractivity contribution >= 4 is 16.9 Å². The first-order valence-corrected chi connectivity index (χ1v) is 5.15. The number of carboxylic acids is 1. The van der Waals surface area contributed by atoms with Crippen molar-refractivity contribution in [1.82, 2.24) is 4.98 Å². The van der Waals surface area contributed by atoms with Gasteiger partial charge in [0.15, 0.2) is 0 Å². The van der Waals surface area contributed by atoms with Crippen LogP contribution in [0.3, 0.4) is 0 Å². The summed E-state index contributed by atoms with van der Waals surface area (Å²) in [6.45, 7) is 3.87. The van der Waals surface area contributed by atoms with Crippen molar-refractivity contribution in [3.05, 3.63) is 41.1 Å². The highest BCUT2D eigenvalue weighted by Crippen LogP contribution is 2.20. The van der Waals surface area contributed by atoms with Crippen LogP contribution in [-0.2, 0) is 11.2 Å². The van der Waals surface area contributed by atoms with Crippen LogP contribution in [0.2, 0.25) is 0 Å². The standard InChI is InChI=1S/C13H13NO2/c1-8-5-10-4-3-9(2)14-13(10)11(6-8)7-12(15)16/h3-6H,7H2,1-2H3,(H,15,16). The molecule has 3 heteroatoms. The molecule has 2 rings (SSSR count). The average Bonchev–Trinajstić information content (AvgIpc) is 2.18. The van der Waals surface area contributed by atoms with E-state index in [1.165, 1.54) is 0 Å². The first-order chi connectivity index (χ1) is 7.56. The van der Waals surface area contributed by atoms with Crippen molar-refractivity contribution in [2.75, 3.05) is 0 Å². The topological polar surface area (TPSA) is 50.2 Å². The van der Waals surface area contributed by atoms with Gasteiger partial charge in [-0.1, -0.05) is 17.7 Å². The molecule has 3 nitrogen and oxygen atoms in total. The summed E-state index contributed by atoms with van der Waals surface area (Å²) >= 11 is 0. The molecule has 1 N–H and O–H groups in total. The predicted octanol–water partition coefficient (Wildman–Crippen LogP) is 2.48. The van der Waals surface area contributed by atoms with E-state index >= 15 is 0 Å². The lowest BCUT2D eigenvalue weighted by atomic mass is 10.0.